The van der Waals surface area contributed by atoms with Crippen molar-refractivity contribution >= 4 is 49.4 Å². The summed E-state index contributed by atoms with van der Waals surface area (Å²) in [5.74, 6) is -1.06. The summed E-state index contributed by atoms with van der Waals surface area (Å²) in [5, 5.41) is 8.08. The number of nitrogens with two attached hydrogens (primary N) is 1. The fourth-order valence-corrected chi connectivity index (χ4v) is 5.10. The van der Waals surface area contributed by atoms with Crippen LogP contribution in [0.25, 0.3) is 0 Å². The predicted octanol–water partition coefficient (Wildman–Crippen LogP) is 3.86. The predicted molar refractivity (Wildman–Crippen MR) is 132 cm³/mol. The zero-order valence-corrected chi connectivity index (χ0v) is 21.7. The lowest BCUT2D eigenvalue weighted by atomic mass is 10.1. The summed E-state index contributed by atoms with van der Waals surface area (Å²) in [5.41, 5.74) is 1.15. The molecule has 1 saturated carbocycles. The van der Waals surface area contributed by atoms with Crippen LogP contribution in [0, 0.1) is 11.7 Å². The summed E-state index contributed by atoms with van der Waals surface area (Å²) < 4.78 is 56.7. The van der Waals surface area contributed by atoms with Gasteiger partial charge in [0.25, 0.3) is 0 Å². The highest BCUT2D eigenvalue weighted by Gasteiger charge is 2.36. The molecular formula is C22H21BrClF2N5O4S. The maximum Gasteiger partial charge on any atom is 0.333 e. The van der Waals surface area contributed by atoms with Crippen LogP contribution in [0.3, 0.4) is 0 Å². The normalized spacial score (nSPS) is 20.0. The van der Waals surface area contributed by atoms with E-state index >= 15 is 0 Å². The average Bonchev–Trinajstić information content (AvgIpc) is 3.36. The molecule has 1 aliphatic carbocycles. The Kier molecular flexibility index (Phi) is 8.05. The summed E-state index contributed by atoms with van der Waals surface area (Å²) >= 11 is 9.48. The van der Waals surface area contributed by atoms with E-state index in [1.165, 1.54) is 24.7 Å². The standard InChI is InChI=1S/C22H21BrClF2N5O4S/c23-16-3-12(1-2-17(16)25)8-31-9-14(6-20(31)24)21(32)15-7-28-11-29-22(15)30-19-5-13(4-18(19)26)10-35-36(27,33)34/h1-3,6-7,9,11,13,18-19H,4-5,8,10H2,(H2,27,33,34)(H,28,29,30)/t13-,18+,19-/m1/s1. The van der Waals surface area contributed by atoms with E-state index < -0.39 is 34.1 Å². The molecular weight excluding hydrogens is 584 g/mol. The molecule has 0 aliphatic heterocycles. The molecule has 0 bridgehead atoms. The van der Waals surface area contributed by atoms with Gasteiger partial charge in [0.1, 0.15) is 29.3 Å². The molecule has 3 N–H and O–H groups in total. The number of rotatable bonds is 9. The Bertz CT molecular complexity index is 1390. The van der Waals surface area contributed by atoms with Gasteiger partial charge in [-0.2, -0.15) is 8.42 Å². The summed E-state index contributed by atoms with van der Waals surface area (Å²) in [4.78, 5) is 21.3. The Labute approximate surface area is 219 Å². The van der Waals surface area contributed by atoms with Crippen LogP contribution in [0.4, 0.5) is 14.6 Å². The monoisotopic (exact) mass is 603 g/mol. The highest BCUT2D eigenvalue weighted by molar-refractivity contribution is 9.10. The second kappa shape index (κ2) is 10.9. The molecule has 2 aromatic heterocycles. The number of benzene rings is 1. The van der Waals surface area contributed by atoms with Gasteiger partial charge in [0.2, 0.25) is 0 Å². The lowest BCUT2D eigenvalue weighted by Crippen LogP contribution is -2.27. The summed E-state index contributed by atoms with van der Waals surface area (Å²) in [6.07, 6.45) is 3.12. The molecule has 36 heavy (non-hydrogen) atoms. The smallest absolute Gasteiger partial charge is 0.333 e. The molecule has 1 aliphatic rings. The van der Waals surface area contributed by atoms with Crippen molar-refractivity contribution in [3.63, 3.8) is 0 Å². The van der Waals surface area contributed by atoms with Crippen LogP contribution in [-0.4, -0.2) is 47.6 Å². The summed E-state index contributed by atoms with van der Waals surface area (Å²) in [7, 11) is -4.12. The zero-order valence-electron chi connectivity index (χ0n) is 18.6. The summed E-state index contributed by atoms with van der Waals surface area (Å²) in [6.45, 7) is 0.0681. The number of anilines is 1. The Balaban J connectivity index is 1.49. The van der Waals surface area contributed by atoms with Crippen molar-refractivity contribution in [2.75, 3.05) is 11.9 Å². The van der Waals surface area contributed by atoms with Gasteiger partial charge in [0, 0.05) is 24.5 Å². The van der Waals surface area contributed by atoms with Crippen molar-refractivity contribution in [2.45, 2.75) is 31.6 Å². The quantitative estimate of drug-likeness (QED) is 0.355. The molecule has 0 spiro atoms. The van der Waals surface area contributed by atoms with Gasteiger partial charge in [-0.25, -0.2) is 23.9 Å². The molecule has 0 amide bonds. The fourth-order valence-electron chi connectivity index (χ4n) is 4.06. The van der Waals surface area contributed by atoms with Crippen molar-refractivity contribution in [1.29, 1.82) is 0 Å². The lowest BCUT2D eigenvalue weighted by molar-refractivity contribution is 0.103. The maximum absolute atomic E-state index is 14.6. The zero-order chi connectivity index (χ0) is 26.0. The number of alkyl halides is 1. The largest absolute Gasteiger partial charge is 0.364 e. The minimum Gasteiger partial charge on any atom is -0.364 e. The van der Waals surface area contributed by atoms with Gasteiger partial charge in [0.15, 0.2) is 5.78 Å². The number of ketones is 1. The van der Waals surface area contributed by atoms with Crippen molar-refractivity contribution in [3.05, 3.63) is 75.1 Å². The minimum atomic E-state index is -4.12. The molecule has 9 nitrogen and oxygen atoms in total. The van der Waals surface area contributed by atoms with E-state index in [1.54, 1.807) is 22.9 Å². The van der Waals surface area contributed by atoms with Gasteiger partial charge in [0.05, 0.1) is 22.7 Å². The van der Waals surface area contributed by atoms with Gasteiger partial charge < -0.3 is 9.88 Å². The van der Waals surface area contributed by atoms with Crippen LogP contribution in [0.15, 0.2) is 47.5 Å². The number of carbonyl (C=O) groups is 1. The number of halogens is 4. The van der Waals surface area contributed by atoms with Crippen LogP contribution < -0.4 is 10.5 Å². The van der Waals surface area contributed by atoms with E-state index in [0.29, 0.717) is 16.2 Å². The number of carbonyl (C=O) groups excluding carboxylic acids is 1. The van der Waals surface area contributed by atoms with Crippen molar-refractivity contribution in [1.82, 2.24) is 14.5 Å². The molecule has 1 fully saturated rings. The van der Waals surface area contributed by atoms with Crippen molar-refractivity contribution < 1.29 is 26.2 Å². The minimum absolute atomic E-state index is 0.0690. The van der Waals surface area contributed by atoms with E-state index in [2.05, 4.69) is 35.4 Å². The molecule has 192 valence electrons. The highest BCUT2D eigenvalue weighted by atomic mass is 79.9. The van der Waals surface area contributed by atoms with Gasteiger partial charge in [-0.3, -0.25) is 8.98 Å². The topological polar surface area (TPSA) is 129 Å². The third kappa shape index (κ3) is 6.45. The number of aromatic nitrogens is 3. The molecule has 14 heteroatoms. The van der Waals surface area contributed by atoms with Gasteiger partial charge >= 0.3 is 10.3 Å². The maximum atomic E-state index is 14.6. The van der Waals surface area contributed by atoms with E-state index in [1.807, 2.05) is 0 Å². The molecule has 4 rings (SSSR count). The Hall–Kier alpha value is -2.45. The number of hydrogen-bond donors (Lipinski definition) is 2. The molecule has 0 saturated heterocycles. The first kappa shape index (κ1) is 26.6. The third-order valence-electron chi connectivity index (χ3n) is 5.77. The second-order valence-corrected chi connectivity index (χ2v) is 10.9. The first-order chi connectivity index (χ1) is 17.0. The van der Waals surface area contributed by atoms with Crippen LogP contribution in [0.2, 0.25) is 5.15 Å². The first-order valence-corrected chi connectivity index (χ1v) is 13.4. The molecule has 1 aromatic carbocycles. The van der Waals surface area contributed by atoms with Gasteiger partial charge in [-0.1, -0.05) is 17.7 Å². The van der Waals surface area contributed by atoms with Crippen molar-refractivity contribution in [3.8, 4) is 0 Å². The average molecular weight is 605 g/mol. The molecule has 0 unspecified atom stereocenters. The van der Waals surface area contributed by atoms with Crippen LogP contribution in [-0.2, 0) is 21.0 Å². The van der Waals surface area contributed by atoms with E-state index in [0.717, 1.165) is 5.56 Å². The van der Waals surface area contributed by atoms with Crippen LogP contribution >= 0.6 is 27.5 Å². The number of nitrogens with one attached hydrogen (secondary N) is 1. The molecule has 3 atom stereocenters. The third-order valence-corrected chi connectivity index (χ3v) is 7.17. The molecule has 0 radical (unpaired) electrons. The summed E-state index contributed by atoms with van der Waals surface area (Å²) in [6, 6.07) is 5.34. The first-order valence-electron chi connectivity index (χ1n) is 10.7. The fraction of sp³-hybridized carbons (Fsp3) is 0.318. The Morgan fingerprint density at radius 1 is 1.33 bits per heavy atom. The number of nitrogens with zero attached hydrogens (tertiary/aromatic N) is 3. The van der Waals surface area contributed by atoms with E-state index in [9.17, 15) is 22.0 Å². The SMILES string of the molecule is NS(=O)(=O)OC[C@@H]1C[C@H](F)[C@H](Nc2ncncc2C(=O)c2cc(Cl)n(Cc3ccc(F)c(Br)c3)c2)C1. The number of hydrogen-bond acceptors (Lipinski definition) is 7. The van der Waals surface area contributed by atoms with Crippen LogP contribution in [0.5, 0.6) is 0 Å². The highest BCUT2D eigenvalue weighted by Crippen LogP contribution is 2.32. The second-order valence-electron chi connectivity index (χ2n) is 8.42. The van der Waals surface area contributed by atoms with Gasteiger partial charge in [-0.15, -0.1) is 0 Å². The van der Waals surface area contributed by atoms with Gasteiger partial charge in [-0.05, 0) is 58.5 Å². The lowest BCUT2D eigenvalue weighted by Gasteiger charge is -2.17. The Morgan fingerprint density at radius 3 is 2.83 bits per heavy atom. The Morgan fingerprint density at radius 2 is 2.11 bits per heavy atom. The van der Waals surface area contributed by atoms with E-state index in [-0.39, 0.29) is 42.3 Å². The van der Waals surface area contributed by atoms with Crippen LogP contribution in [0.1, 0.15) is 34.3 Å². The van der Waals surface area contributed by atoms with Crippen molar-refractivity contribution in [2.24, 2.45) is 11.1 Å². The van der Waals surface area contributed by atoms with E-state index in [4.69, 9.17) is 16.7 Å². The molecule has 2 heterocycles. The molecule has 3 aromatic rings.